The molecule has 2 heterocycles. The number of ether oxygens (including phenoxy) is 1. The summed E-state index contributed by atoms with van der Waals surface area (Å²) in [6.45, 7) is 0.346. The normalized spacial score (nSPS) is 11.9. The van der Waals surface area contributed by atoms with Crippen LogP contribution < -0.4 is 10.1 Å². The molecule has 0 radical (unpaired) electrons. The number of benzene rings is 2. The van der Waals surface area contributed by atoms with E-state index in [1.807, 2.05) is 54.7 Å². The van der Waals surface area contributed by atoms with Crippen molar-refractivity contribution in [2.75, 3.05) is 13.7 Å². The van der Waals surface area contributed by atoms with Crippen molar-refractivity contribution in [1.82, 2.24) is 10.3 Å². The molecule has 0 saturated heterocycles. The molecule has 0 aliphatic heterocycles. The van der Waals surface area contributed by atoms with Gasteiger partial charge in [0.15, 0.2) is 0 Å². The summed E-state index contributed by atoms with van der Waals surface area (Å²) in [7, 11) is 1.62. The molecule has 0 saturated carbocycles. The van der Waals surface area contributed by atoms with E-state index in [1.165, 1.54) is 12.1 Å². The SMILES string of the molecule is COc1ccc(C(CNC(=O)c2ccc([N+](=O)[O-])s2)c2c[nH]c3ccccc23)cc1. The smallest absolute Gasteiger partial charge is 0.324 e. The van der Waals surface area contributed by atoms with Gasteiger partial charge in [0, 0.05) is 35.6 Å². The van der Waals surface area contributed by atoms with Gasteiger partial charge in [-0.1, -0.05) is 41.7 Å². The Labute approximate surface area is 176 Å². The number of methoxy groups -OCH3 is 1. The summed E-state index contributed by atoms with van der Waals surface area (Å²) in [4.78, 5) is 26.6. The Morgan fingerprint density at radius 3 is 2.63 bits per heavy atom. The molecule has 1 unspecified atom stereocenters. The molecule has 8 heteroatoms. The van der Waals surface area contributed by atoms with Crippen molar-refractivity contribution >= 4 is 33.1 Å². The van der Waals surface area contributed by atoms with Gasteiger partial charge >= 0.3 is 5.00 Å². The maximum atomic E-state index is 12.6. The largest absolute Gasteiger partial charge is 0.497 e. The number of aromatic amines is 1. The number of para-hydroxylation sites is 1. The third-order valence-electron chi connectivity index (χ3n) is 4.98. The second-order valence-corrected chi connectivity index (χ2v) is 7.78. The number of nitrogens with zero attached hydrogens (tertiary/aromatic N) is 1. The molecule has 0 spiro atoms. The molecule has 0 aliphatic rings. The summed E-state index contributed by atoms with van der Waals surface area (Å²) in [5.74, 6) is 0.323. The molecule has 0 fully saturated rings. The van der Waals surface area contributed by atoms with E-state index in [1.54, 1.807) is 7.11 Å². The third kappa shape index (κ3) is 3.90. The highest BCUT2D eigenvalue weighted by atomic mass is 32.1. The minimum atomic E-state index is -0.493. The van der Waals surface area contributed by atoms with Crippen LogP contribution in [-0.4, -0.2) is 29.5 Å². The van der Waals surface area contributed by atoms with Gasteiger partial charge in [-0.3, -0.25) is 14.9 Å². The Morgan fingerprint density at radius 1 is 1.17 bits per heavy atom. The van der Waals surface area contributed by atoms with Gasteiger partial charge in [-0.2, -0.15) is 0 Å². The van der Waals surface area contributed by atoms with Crippen molar-refractivity contribution in [2.45, 2.75) is 5.92 Å². The van der Waals surface area contributed by atoms with Crippen LogP contribution in [0.5, 0.6) is 5.75 Å². The molecule has 2 aromatic heterocycles. The van der Waals surface area contributed by atoms with Gasteiger partial charge in [-0.15, -0.1) is 0 Å². The maximum Gasteiger partial charge on any atom is 0.324 e. The summed E-state index contributed by atoms with van der Waals surface area (Å²) >= 11 is 0.868. The quantitative estimate of drug-likeness (QED) is 0.334. The number of thiophene rings is 1. The molecule has 4 rings (SSSR count). The van der Waals surface area contributed by atoms with Crippen LogP contribution in [0.15, 0.2) is 66.9 Å². The van der Waals surface area contributed by atoms with Gasteiger partial charge < -0.3 is 15.0 Å². The first-order chi connectivity index (χ1) is 14.6. The first-order valence-electron chi connectivity index (χ1n) is 9.29. The van der Waals surface area contributed by atoms with E-state index in [0.717, 1.165) is 39.1 Å². The summed E-state index contributed by atoms with van der Waals surface area (Å²) in [6.07, 6.45) is 1.96. The maximum absolute atomic E-state index is 12.6. The van der Waals surface area contributed by atoms with E-state index in [-0.39, 0.29) is 16.8 Å². The lowest BCUT2D eigenvalue weighted by atomic mass is 9.90. The second-order valence-electron chi connectivity index (χ2n) is 6.72. The number of nitrogens with one attached hydrogen (secondary N) is 2. The molecule has 30 heavy (non-hydrogen) atoms. The minimum absolute atomic E-state index is 0.0523. The topological polar surface area (TPSA) is 97.3 Å². The third-order valence-corrected chi connectivity index (χ3v) is 6.01. The van der Waals surface area contributed by atoms with Gasteiger partial charge in [0.25, 0.3) is 5.91 Å². The van der Waals surface area contributed by atoms with Crippen LogP contribution in [0.3, 0.4) is 0 Å². The monoisotopic (exact) mass is 421 g/mol. The van der Waals surface area contributed by atoms with Gasteiger partial charge in [0.1, 0.15) is 5.75 Å². The molecule has 2 N–H and O–H groups in total. The average molecular weight is 421 g/mol. The van der Waals surface area contributed by atoms with E-state index in [4.69, 9.17) is 4.74 Å². The highest BCUT2D eigenvalue weighted by Crippen LogP contribution is 2.32. The molecule has 0 bridgehead atoms. The lowest BCUT2D eigenvalue weighted by Gasteiger charge is -2.18. The van der Waals surface area contributed by atoms with E-state index in [2.05, 4.69) is 10.3 Å². The second kappa shape index (κ2) is 8.38. The number of amides is 1. The van der Waals surface area contributed by atoms with Crippen molar-refractivity contribution in [3.63, 3.8) is 0 Å². The van der Waals surface area contributed by atoms with Crippen LogP contribution in [-0.2, 0) is 0 Å². The predicted molar refractivity (Wildman–Crippen MR) is 116 cm³/mol. The van der Waals surface area contributed by atoms with Crippen LogP contribution in [0.4, 0.5) is 5.00 Å². The number of H-pyrrole nitrogens is 1. The number of aromatic nitrogens is 1. The van der Waals surface area contributed by atoms with Gasteiger partial charge in [0.2, 0.25) is 0 Å². The molecule has 4 aromatic rings. The van der Waals surface area contributed by atoms with Crippen molar-refractivity contribution in [3.05, 3.63) is 93.0 Å². The Morgan fingerprint density at radius 2 is 1.93 bits per heavy atom. The lowest BCUT2D eigenvalue weighted by Crippen LogP contribution is -2.28. The predicted octanol–water partition coefficient (Wildman–Crippen LogP) is 4.71. The van der Waals surface area contributed by atoms with Gasteiger partial charge in [-0.05, 0) is 35.4 Å². The molecular weight excluding hydrogens is 402 g/mol. The first kappa shape index (κ1) is 19.7. The Balaban J connectivity index is 1.63. The van der Waals surface area contributed by atoms with Crippen molar-refractivity contribution < 1.29 is 14.5 Å². The molecule has 152 valence electrons. The zero-order chi connectivity index (χ0) is 21.1. The van der Waals surface area contributed by atoms with Crippen LogP contribution in [0.1, 0.15) is 26.7 Å². The van der Waals surface area contributed by atoms with E-state index >= 15 is 0 Å². The van der Waals surface area contributed by atoms with Crippen molar-refractivity contribution in [3.8, 4) is 5.75 Å². The number of nitro groups is 1. The summed E-state index contributed by atoms with van der Waals surface area (Å²) in [5, 5.41) is 14.9. The fourth-order valence-corrected chi connectivity index (χ4v) is 4.19. The summed E-state index contributed by atoms with van der Waals surface area (Å²) < 4.78 is 5.26. The van der Waals surface area contributed by atoms with Crippen molar-refractivity contribution in [2.24, 2.45) is 0 Å². The van der Waals surface area contributed by atoms with Gasteiger partial charge in [0.05, 0.1) is 16.9 Å². The van der Waals surface area contributed by atoms with Crippen LogP contribution in [0, 0.1) is 10.1 Å². The zero-order valence-corrected chi connectivity index (χ0v) is 16.9. The zero-order valence-electron chi connectivity index (χ0n) is 16.1. The average Bonchev–Trinajstić information content (AvgIpc) is 3.42. The highest BCUT2D eigenvalue weighted by molar-refractivity contribution is 7.17. The van der Waals surface area contributed by atoms with E-state index < -0.39 is 4.92 Å². The van der Waals surface area contributed by atoms with E-state index in [9.17, 15) is 14.9 Å². The molecule has 0 aliphatic carbocycles. The fourth-order valence-electron chi connectivity index (χ4n) is 3.46. The molecule has 1 atom stereocenters. The Bertz CT molecular complexity index is 1200. The Hall–Kier alpha value is -3.65. The number of rotatable bonds is 7. The summed E-state index contributed by atoms with van der Waals surface area (Å²) in [6, 6.07) is 18.6. The number of fused-ring (bicyclic) bond motifs is 1. The standard InChI is InChI=1S/C22H19N3O4S/c1-29-15-8-6-14(7-9-15)17(18-13-23-19-5-3-2-4-16(18)19)12-24-22(26)20-10-11-21(30-20)25(27)28/h2-11,13,17,23H,12H2,1H3,(H,24,26). The molecule has 7 nitrogen and oxygen atoms in total. The fraction of sp³-hybridized carbons (Fsp3) is 0.136. The van der Waals surface area contributed by atoms with Crippen LogP contribution in [0.2, 0.25) is 0 Å². The number of hydrogen-bond acceptors (Lipinski definition) is 5. The first-order valence-corrected chi connectivity index (χ1v) is 10.1. The minimum Gasteiger partial charge on any atom is -0.497 e. The van der Waals surface area contributed by atoms with Crippen molar-refractivity contribution in [1.29, 1.82) is 0 Å². The number of carbonyl (C=O) groups is 1. The molecular formula is C22H19N3O4S. The Kier molecular flexibility index (Phi) is 5.49. The van der Waals surface area contributed by atoms with Crippen LogP contribution >= 0.6 is 11.3 Å². The molecule has 2 aromatic carbocycles. The van der Waals surface area contributed by atoms with Crippen LogP contribution in [0.25, 0.3) is 10.9 Å². The number of hydrogen-bond donors (Lipinski definition) is 2. The van der Waals surface area contributed by atoms with Gasteiger partial charge in [-0.25, -0.2) is 0 Å². The number of carbonyl (C=O) groups excluding carboxylic acids is 1. The summed E-state index contributed by atoms with van der Waals surface area (Å²) in [5.41, 5.74) is 3.11. The highest BCUT2D eigenvalue weighted by Gasteiger charge is 2.21. The lowest BCUT2D eigenvalue weighted by molar-refractivity contribution is -0.380. The molecule has 1 amide bonds. The van der Waals surface area contributed by atoms with E-state index in [0.29, 0.717) is 11.4 Å².